The highest BCUT2D eigenvalue weighted by atomic mass is 16.1. The van der Waals surface area contributed by atoms with Gasteiger partial charge in [0.05, 0.1) is 23.8 Å². The van der Waals surface area contributed by atoms with Gasteiger partial charge < -0.3 is 11.1 Å². The number of para-hydroxylation sites is 1. The Labute approximate surface area is 133 Å². The molecule has 7 heteroatoms. The molecular weight excluding hydrogens is 292 g/mol. The van der Waals surface area contributed by atoms with Crippen molar-refractivity contribution in [2.45, 2.75) is 26.4 Å². The van der Waals surface area contributed by atoms with Crippen LogP contribution in [0.3, 0.4) is 0 Å². The molecule has 118 valence electrons. The largest absolute Gasteiger partial charge is 0.366 e. The van der Waals surface area contributed by atoms with Crippen molar-refractivity contribution < 1.29 is 4.79 Å². The first-order chi connectivity index (χ1) is 11.0. The Bertz CT molecular complexity index is 855. The van der Waals surface area contributed by atoms with Gasteiger partial charge in [-0.3, -0.25) is 4.79 Å². The topological polar surface area (TPSA) is 98.7 Å². The Morgan fingerprint density at radius 1 is 1.35 bits per heavy atom. The van der Waals surface area contributed by atoms with Crippen LogP contribution in [0.5, 0.6) is 0 Å². The van der Waals surface area contributed by atoms with Crippen LogP contribution in [0.2, 0.25) is 0 Å². The fourth-order valence-corrected chi connectivity index (χ4v) is 2.30. The van der Waals surface area contributed by atoms with E-state index >= 15 is 0 Å². The van der Waals surface area contributed by atoms with Crippen molar-refractivity contribution in [1.82, 2.24) is 20.0 Å². The highest BCUT2D eigenvalue weighted by molar-refractivity contribution is 6.06. The lowest BCUT2D eigenvalue weighted by Gasteiger charge is -2.08. The molecule has 2 aromatic heterocycles. The van der Waals surface area contributed by atoms with E-state index in [0.29, 0.717) is 17.9 Å². The second-order valence-corrected chi connectivity index (χ2v) is 5.57. The third-order valence-corrected chi connectivity index (χ3v) is 3.52. The third-order valence-electron chi connectivity index (χ3n) is 3.52. The number of primary amides is 1. The van der Waals surface area contributed by atoms with Gasteiger partial charge in [0, 0.05) is 11.4 Å². The van der Waals surface area contributed by atoms with Gasteiger partial charge in [0.2, 0.25) is 5.91 Å². The molecular formula is C16H18N6O. The number of nitrogens with one attached hydrogen (secondary N) is 1. The van der Waals surface area contributed by atoms with Gasteiger partial charge in [0.25, 0.3) is 0 Å². The molecule has 0 unspecified atom stereocenters. The van der Waals surface area contributed by atoms with Gasteiger partial charge in [0.15, 0.2) is 0 Å². The molecule has 0 radical (unpaired) electrons. The van der Waals surface area contributed by atoms with Crippen molar-refractivity contribution in [3.63, 3.8) is 0 Å². The van der Waals surface area contributed by atoms with Gasteiger partial charge in [-0.15, -0.1) is 5.10 Å². The van der Waals surface area contributed by atoms with Gasteiger partial charge in [0.1, 0.15) is 11.5 Å². The smallest absolute Gasteiger partial charge is 0.249 e. The van der Waals surface area contributed by atoms with Gasteiger partial charge in [-0.05, 0) is 26.0 Å². The standard InChI is InChI=1S/C16H18N6O/c1-10(2)22-9-11(20-21-22)8-18-15-7-13(16(17)23)12-5-3-4-6-14(12)19-15/h3-7,9-10H,8H2,1-2H3,(H2,17,23)(H,18,19). The second-order valence-electron chi connectivity index (χ2n) is 5.57. The SMILES string of the molecule is CC(C)n1cc(CNc2cc(C(N)=O)c3ccccc3n2)nn1. The summed E-state index contributed by atoms with van der Waals surface area (Å²) in [6.07, 6.45) is 1.88. The fraction of sp³-hybridized carbons (Fsp3) is 0.250. The maximum Gasteiger partial charge on any atom is 0.249 e. The van der Waals surface area contributed by atoms with Crippen molar-refractivity contribution in [2.24, 2.45) is 5.73 Å². The molecule has 1 amide bonds. The fourth-order valence-electron chi connectivity index (χ4n) is 2.30. The zero-order valence-electron chi connectivity index (χ0n) is 13.0. The number of hydrogen-bond acceptors (Lipinski definition) is 5. The maximum atomic E-state index is 11.7. The predicted molar refractivity (Wildman–Crippen MR) is 88.0 cm³/mol. The van der Waals surface area contributed by atoms with Crippen LogP contribution in [0.25, 0.3) is 10.9 Å². The van der Waals surface area contributed by atoms with Crippen molar-refractivity contribution in [3.8, 4) is 0 Å². The van der Waals surface area contributed by atoms with E-state index in [4.69, 9.17) is 5.73 Å². The molecule has 2 heterocycles. The normalized spacial score (nSPS) is 11.1. The molecule has 0 spiro atoms. The minimum atomic E-state index is -0.475. The average Bonchev–Trinajstić information content (AvgIpc) is 3.01. The van der Waals surface area contributed by atoms with Gasteiger partial charge in [-0.2, -0.15) is 0 Å². The molecule has 3 aromatic rings. The van der Waals surface area contributed by atoms with E-state index in [1.54, 1.807) is 10.7 Å². The first kappa shape index (κ1) is 15.0. The van der Waals surface area contributed by atoms with E-state index in [-0.39, 0.29) is 6.04 Å². The summed E-state index contributed by atoms with van der Waals surface area (Å²) in [6, 6.07) is 9.34. The van der Waals surface area contributed by atoms with Gasteiger partial charge in [-0.25, -0.2) is 9.67 Å². The van der Waals surface area contributed by atoms with Crippen LogP contribution in [-0.4, -0.2) is 25.9 Å². The number of nitrogens with zero attached hydrogens (tertiary/aromatic N) is 4. The molecule has 0 fully saturated rings. The number of amides is 1. The minimum Gasteiger partial charge on any atom is -0.366 e. The van der Waals surface area contributed by atoms with E-state index in [0.717, 1.165) is 16.6 Å². The van der Waals surface area contributed by atoms with E-state index in [2.05, 4.69) is 20.6 Å². The second kappa shape index (κ2) is 6.04. The summed E-state index contributed by atoms with van der Waals surface area (Å²) in [5.41, 5.74) is 7.44. The van der Waals surface area contributed by atoms with Crippen LogP contribution in [0.1, 0.15) is 35.9 Å². The monoisotopic (exact) mass is 310 g/mol. The van der Waals surface area contributed by atoms with E-state index < -0.39 is 5.91 Å². The average molecular weight is 310 g/mol. The first-order valence-electron chi connectivity index (χ1n) is 7.39. The molecule has 0 saturated heterocycles. The highest BCUT2D eigenvalue weighted by Gasteiger charge is 2.10. The Hall–Kier alpha value is -2.96. The zero-order valence-corrected chi connectivity index (χ0v) is 13.0. The summed E-state index contributed by atoms with van der Waals surface area (Å²) in [5.74, 6) is 0.106. The van der Waals surface area contributed by atoms with Crippen LogP contribution in [0, 0.1) is 0 Å². The molecule has 0 aliphatic carbocycles. The number of carbonyl (C=O) groups is 1. The minimum absolute atomic E-state index is 0.261. The van der Waals surface area contributed by atoms with Crippen LogP contribution in [0.4, 0.5) is 5.82 Å². The Morgan fingerprint density at radius 2 is 2.13 bits per heavy atom. The predicted octanol–water partition coefficient (Wildman–Crippen LogP) is 2.12. The number of nitrogens with two attached hydrogens (primary N) is 1. The van der Waals surface area contributed by atoms with Gasteiger partial charge >= 0.3 is 0 Å². The number of benzene rings is 1. The molecule has 23 heavy (non-hydrogen) atoms. The first-order valence-corrected chi connectivity index (χ1v) is 7.39. The van der Waals surface area contributed by atoms with Crippen molar-refractivity contribution >= 4 is 22.6 Å². The summed E-state index contributed by atoms with van der Waals surface area (Å²) in [4.78, 5) is 16.2. The summed E-state index contributed by atoms with van der Waals surface area (Å²) in [7, 11) is 0. The lowest BCUT2D eigenvalue weighted by molar-refractivity contribution is 0.100. The summed E-state index contributed by atoms with van der Waals surface area (Å²) in [5, 5.41) is 12.1. The molecule has 3 rings (SSSR count). The number of aromatic nitrogens is 4. The summed E-state index contributed by atoms with van der Waals surface area (Å²) in [6.45, 7) is 4.54. The summed E-state index contributed by atoms with van der Waals surface area (Å²) < 4.78 is 1.79. The van der Waals surface area contributed by atoms with E-state index in [1.807, 2.05) is 44.3 Å². The molecule has 1 aromatic carbocycles. The molecule has 0 aliphatic heterocycles. The summed E-state index contributed by atoms with van der Waals surface area (Å²) >= 11 is 0. The Kier molecular flexibility index (Phi) is 3.92. The molecule has 0 bridgehead atoms. The highest BCUT2D eigenvalue weighted by Crippen LogP contribution is 2.20. The van der Waals surface area contributed by atoms with Crippen molar-refractivity contribution in [2.75, 3.05) is 5.32 Å². The number of fused-ring (bicyclic) bond motifs is 1. The third kappa shape index (κ3) is 3.13. The molecule has 0 atom stereocenters. The molecule has 7 nitrogen and oxygen atoms in total. The Balaban J connectivity index is 1.86. The number of hydrogen-bond donors (Lipinski definition) is 2. The number of rotatable bonds is 5. The van der Waals surface area contributed by atoms with Crippen molar-refractivity contribution in [3.05, 3.63) is 47.8 Å². The molecule has 0 aliphatic rings. The van der Waals surface area contributed by atoms with Crippen LogP contribution in [0.15, 0.2) is 36.5 Å². The lowest BCUT2D eigenvalue weighted by Crippen LogP contribution is -2.13. The maximum absolute atomic E-state index is 11.7. The zero-order chi connectivity index (χ0) is 16.4. The van der Waals surface area contributed by atoms with E-state index in [1.165, 1.54) is 0 Å². The molecule has 0 saturated carbocycles. The van der Waals surface area contributed by atoms with Crippen LogP contribution in [-0.2, 0) is 6.54 Å². The molecule has 3 N–H and O–H groups in total. The lowest BCUT2D eigenvalue weighted by atomic mass is 10.1. The number of pyridine rings is 1. The quantitative estimate of drug-likeness (QED) is 0.752. The van der Waals surface area contributed by atoms with Crippen molar-refractivity contribution in [1.29, 1.82) is 0 Å². The number of anilines is 1. The van der Waals surface area contributed by atoms with Crippen LogP contribution >= 0.6 is 0 Å². The number of carbonyl (C=O) groups excluding carboxylic acids is 1. The Morgan fingerprint density at radius 3 is 2.83 bits per heavy atom. The van der Waals surface area contributed by atoms with E-state index in [9.17, 15) is 4.79 Å². The van der Waals surface area contributed by atoms with Gasteiger partial charge in [-0.1, -0.05) is 23.4 Å². The van der Waals surface area contributed by atoms with Crippen LogP contribution < -0.4 is 11.1 Å².